The van der Waals surface area contributed by atoms with Crippen LogP contribution in [0.3, 0.4) is 0 Å². The summed E-state index contributed by atoms with van der Waals surface area (Å²) in [7, 11) is 0. The molecule has 1 unspecified atom stereocenters. The number of hydrogen-bond acceptors (Lipinski definition) is 3. The van der Waals surface area contributed by atoms with Gasteiger partial charge >= 0.3 is 0 Å². The Kier molecular flexibility index (Phi) is 8.15. The smallest absolute Gasteiger partial charge is 0.223 e. The van der Waals surface area contributed by atoms with E-state index in [0.717, 1.165) is 45.0 Å². The molecule has 0 aromatic heterocycles. The van der Waals surface area contributed by atoms with Crippen LogP contribution < -0.4 is 16.0 Å². The number of rotatable bonds is 9. The minimum absolute atomic E-state index is 0.197. The van der Waals surface area contributed by atoms with Gasteiger partial charge in [-0.2, -0.15) is 0 Å². The Bertz CT molecular complexity index is 629. The van der Waals surface area contributed by atoms with Crippen LogP contribution in [-0.2, 0) is 11.3 Å². The van der Waals surface area contributed by atoms with Gasteiger partial charge in [0, 0.05) is 38.1 Å². The topological polar surface area (TPSA) is 68.8 Å². The molecule has 6 heteroatoms. The van der Waals surface area contributed by atoms with Crippen molar-refractivity contribution in [3.63, 3.8) is 0 Å². The highest BCUT2D eigenvalue weighted by Crippen LogP contribution is 2.28. The molecule has 1 atom stereocenters. The average Bonchev–Trinajstić information content (AvgIpc) is 3.56. The first-order valence-corrected chi connectivity index (χ1v) is 10.8. The van der Waals surface area contributed by atoms with Gasteiger partial charge in [0.1, 0.15) is 0 Å². The van der Waals surface area contributed by atoms with Crippen LogP contribution >= 0.6 is 0 Å². The van der Waals surface area contributed by atoms with Gasteiger partial charge in [-0.15, -0.1) is 0 Å². The van der Waals surface area contributed by atoms with Crippen molar-refractivity contribution in [1.82, 2.24) is 20.9 Å². The molecule has 1 aliphatic carbocycles. The SMILES string of the molecule is CCNC(=NCC1CCCCN1Cc1ccccc1)NCCNC(=O)C1CC1. The molecule has 1 heterocycles. The van der Waals surface area contributed by atoms with Crippen molar-refractivity contribution in [3.8, 4) is 0 Å². The Morgan fingerprint density at radius 3 is 2.61 bits per heavy atom. The Morgan fingerprint density at radius 1 is 1.07 bits per heavy atom. The summed E-state index contributed by atoms with van der Waals surface area (Å²) < 4.78 is 0. The first kappa shape index (κ1) is 20.6. The minimum Gasteiger partial charge on any atom is -0.357 e. The molecule has 1 aromatic carbocycles. The van der Waals surface area contributed by atoms with Crippen LogP contribution in [0.2, 0.25) is 0 Å². The molecule has 0 bridgehead atoms. The second-order valence-electron chi connectivity index (χ2n) is 7.82. The van der Waals surface area contributed by atoms with E-state index in [0.29, 0.717) is 19.1 Å². The largest absolute Gasteiger partial charge is 0.357 e. The van der Waals surface area contributed by atoms with Crippen LogP contribution in [0.25, 0.3) is 0 Å². The molecule has 0 radical (unpaired) electrons. The molecule has 3 N–H and O–H groups in total. The Hall–Kier alpha value is -2.08. The van der Waals surface area contributed by atoms with E-state index in [-0.39, 0.29) is 11.8 Å². The normalized spacial score (nSPS) is 20.6. The maximum Gasteiger partial charge on any atom is 0.223 e. The predicted molar refractivity (Wildman–Crippen MR) is 114 cm³/mol. The first-order valence-electron chi connectivity index (χ1n) is 10.8. The van der Waals surface area contributed by atoms with Gasteiger partial charge in [-0.1, -0.05) is 36.8 Å². The molecule has 154 valence electrons. The van der Waals surface area contributed by atoms with Crippen molar-refractivity contribution >= 4 is 11.9 Å². The van der Waals surface area contributed by atoms with E-state index < -0.39 is 0 Å². The Morgan fingerprint density at radius 2 is 1.86 bits per heavy atom. The highest BCUT2D eigenvalue weighted by Gasteiger charge is 2.29. The summed E-state index contributed by atoms with van der Waals surface area (Å²) >= 11 is 0. The number of likely N-dealkylation sites (tertiary alicyclic amines) is 1. The van der Waals surface area contributed by atoms with Crippen LogP contribution in [0.4, 0.5) is 0 Å². The molecule has 6 nitrogen and oxygen atoms in total. The van der Waals surface area contributed by atoms with Crippen LogP contribution in [0.15, 0.2) is 35.3 Å². The van der Waals surface area contributed by atoms with E-state index in [2.05, 4.69) is 58.1 Å². The molecule has 1 amide bonds. The van der Waals surface area contributed by atoms with Gasteiger partial charge in [0.05, 0.1) is 6.54 Å². The lowest BCUT2D eigenvalue weighted by atomic mass is 10.0. The highest BCUT2D eigenvalue weighted by atomic mass is 16.2. The Labute approximate surface area is 169 Å². The summed E-state index contributed by atoms with van der Waals surface area (Å²) in [4.78, 5) is 19.1. The highest BCUT2D eigenvalue weighted by molar-refractivity contribution is 5.81. The molecule has 28 heavy (non-hydrogen) atoms. The zero-order valence-corrected chi connectivity index (χ0v) is 17.1. The minimum atomic E-state index is 0.197. The molecule has 1 aromatic rings. The Balaban J connectivity index is 1.47. The number of piperidine rings is 1. The third-order valence-corrected chi connectivity index (χ3v) is 5.45. The van der Waals surface area contributed by atoms with E-state index in [4.69, 9.17) is 4.99 Å². The predicted octanol–water partition coefficient (Wildman–Crippen LogP) is 2.12. The standard InChI is InChI=1S/C22H35N5O/c1-2-23-22(25-14-13-24-21(28)19-11-12-19)26-16-20-10-6-7-15-27(20)17-18-8-4-3-5-9-18/h3-5,8-9,19-20H,2,6-7,10-17H2,1H3,(H,24,28)(H2,23,25,26). The van der Waals surface area contributed by atoms with E-state index in [9.17, 15) is 4.79 Å². The maximum atomic E-state index is 11.7. The van der Waals surface area contributed by atoms with Gasteiger partial charge < -0.3 is 16.0 Å². The fourth-order valence-corrected chi connectivity index (χ4v) is 3.69. The van der Waals surface area contributed by atoms with Crippen molar-refractivity contribution in [2.45, 2.75) is 51.6 Å². The fourth-order valence-electron chi connectivity index (χ4n) is 3.69. The third kappa shape index (κ3) is 6.82. The zero-order chi connectivity index (χ0) is 19.6. The number of hydrogen-bond donors (Lipinski definition) is 3. The fraction of sp³-hybridized carbons (Fsp3) is 0.636. The summed E-state index contributed by atoms with van der Waals surface area (Å²) in [6, 6.07) is 11.2. The van der Waals surface area contributed by atoms with Gasteiger partial charge in [0.15, 0.2) is 5.96 Å². The summed E-state index contributed by atoms with van der Waals surface area (Å²) in [5.41, 5.74) is 1.37. The average molecular weight is 386 g/mol. The van der Waals surface area contributed by atoms with E-state index in [1.165, 1.54) is 24.8 Å². The number of nitrogens with zero attached hydrogens (tertiary/aromatic N) is 2. The van der Waals surface area contributed by atoms with Crippen molar-refractivity contribution in [2.24, 2.45) is 10.9 Å². The summed E-state index contributed by atoms with van der Waals surface area (Å²) in [6.45, 7) is 7.19. The van der Waals surface area contributed by atoms with Crippen molar-refractivity contribution in [2.75, 3.05) is 32.7 Å². The maximum absolute atomic E-state index is 11.7. The van der Waals surface area contributed by atoms with Crippen molar-refractivity contribution in [3.05, 3.63) is 35.9 Å². The van der Waals surface area contributed by atoms with Crippen molar-refractivity contribution < 1.29 is 4.79 Å². The van der Waals surface area contributed by atoms with Crippen molar-refractivity contribution in [1.29, 1.82) is 0 Å². The van der Waals surface area contributed by atoms with Gasteiger partial charge in [-0.25, -0.2) is 0 Å². The molecule has 0 spiro atoms. The lowest BCUT2D eigenvalue weighted by molar-refractivity contribution is -0.122. The van der Waals surface area contributed by atoms with E-state index in [1.54, 1.807) is 0 Å². The molecule has 2 fully saturated rings. The number of aliphatic imine (C=N–C) groups is 1. The monoisotopic (exact) mass is 385 g/mol. The molecule has 1 saturated heterocycles. The van der Waals surface area contributed by atoms with E-state index >= 15 is 0 Å². The number of amides is 1. The van der Waals surface area contributed by atoms with Gasteiger partial charge in [0.25, 0.3) is 0 Å². The third-order valence-electron chi connectivity index (χ3n) is 5.45. The van der Waals surface area contributed by atoms with Crippen LogP contribution in [0, 0.1) is 5.92 Å². The second kappa shape index (κ2) is 11.1. The summed E-state index contributed by atoms with van der Waals surface area (Å²) in [5, 5.41) is 9.65. The summed E-state index contributed by atoms with van der Waals surface area (Å²) in [5.74, 6) is 1.31. The zero-order valence-electron chi connectivity index (χ0n) is 17.1. The number of carbonyl (C=O) groups is 1. The molecule has 1 aliphatic heterocycles. The van der Waals surface area contributed by atoms with E-state index in [1.807, 2.05) is 0 Å². The molecule has 3 rings (SSSR count). The lowest BCUT2D eigenvalue weighted by Crippen LogP contribution is -2.44. The van der Waals surface area contributed by atoms with Crippen LogP contribution in [0.1, 0.15) is 44.6 Å². The molecule has 2 aliphatic rings. The molecular formula is C22H35N5O. The van der Waals surface area contributed by atoms with Gasteiger partial charge in [-0.05, 0) is 44.7 Å². The van der Waals surface area contributed by atoms with Gasteiger partial charge in [0.2, 0.25) is 5.91 Å². The quantitative estimate of drug-likeness (QED) is 0.346. The lowest BCUT2D eigenvalue weighted by Gasteiger charge is -2.35. The second-order valence-corrected chi connectivity index (χ2v) is 7.82. The number of carbonyl (C=O) groups excluding carboxylic acids is 1. The first-order chi connectivity index (χ1) is 13.8. The van der Waals surface area contributed by atoms with Crippen LogP contribution in [0.5, 0.6) is 0 Å². The number of benzene rings is 1. The molecular weight excluding hydrogens is 350 g/mol. The number of guanidine groups is 1. The molecule has 1 saturated carbocycles. The number of nitrogens with one attached hydrogen (secondary N) is 3. The van der Waals surface area contributed by atoms with Crippen LogP contribution in [-0.4, -0.2) is 55.5 Å². The summed E-state index contributed by atoms with van der Waals surface area (Å²) in [6.07, 6.45) is 5.84. The van der Waals surface area contributed by atoms with Gasteiger partial charge in [-0.3, -0.25) is 14.7 Å².